The summed E-state index contributed by atoms with van der Waals surface area (Å²) in [5.74, 6) is -0.0114. The first-order chi connectivity index (χ1) is 9.00. The Morgan fingerprint density at radius 1 is 1.37 bits per heavy atom. The molecule has 0 amide bonds. The zero-order valence-electron chi connectivity index (χ0n) is 12.4. The Bertz CT molecular complexity index is 414. The van der Waals surface area contributed by atoms with Crippen molar-refractivity contribution in [2.75, 3.05) is 13.2 Å². The van der Waals surface area contributed by atoms with Crippen LogP contribution in [0.2, 0.25) is 0 Å². The van der Waals surface area contributed by atoms with Gasteiger partial charge in [-0.1, -0.05) is 20.8 Å². The minimum absolute atomic E-state index is 0.156. The van der Waals surface area contributed by atoms with E-state index in [0.717, 1.165) is 6.42 Å². The number of rotatable bonds is 7. The van der Waals surface area contributed by atoms with Crippen molar-refractivity contribution in [3.63, 3.8) is 0 Å². The van der Waals surface area contributed by atoms with Crippen LogP contribution in [0.15, 0.2) is 12.1 Å². The number of hydrogen-bond acceptors (Lipinski definition) is 4. The predicted molar refractivity (Wildman–Crippen MR) is 80.4 cm³/mol. The molecule has 0 fully saturated rings. The Labute approximate surface area is 120 Å². The van der Waals surface area contributed by atoms with Gasteiger partial charge in [-0.3, -0.25) is 4.79 Å². The van der Waals surface area contributed by atoms with Gasteiger partial charge < -0.3 is 10.5 Å². The molecule has 1 rings (SSSR count). The zero-order valence-corrected chi connectivity index (χ0v) is 13.2. The summed E-state index contributed by atoms with van der Waals surface area (Å²) in [7, 11) is 0. The molecule has 2 N–H and O–H groups in total. The fraction of sp³-hybridized carbons (Fsp3) is 0.667. The first-order valence-electron chi connectivity index (χ1n) is 6.95. The smallest absolute Gasteiger partial charge is 0.313 e. The Balaban J connectivity index is 2.99. The standard InChI is InChI=1S/C15H25NO2S/c1-5-12-7-8-13(19-12)9-15(10-16,11(3)4)14(17)18-6-2/h7-8,11H,5-6,9-10,16H2,1-4H3. The Hall–Kier alpha value is -0.870. The van der Waals surface area contributed by atoms with E-state index in [1.54, 1.807) is 11.3 Å². The third-order valence-electron chi connectivity index (χ3n) is 3.71. The van der Waals surface area contributed by atoms with E-state index in [1.165, 1.54) is 9.75 Å². The summed E-state index contributed by atoms with van der Waals surface area (Å²) < 4.78 is 5.25. The molecule has 0 saturated heterocycles. The molecule has 0 saturated carbocycles. The number of carbonyl (C=O) groups excluding carboxylic acids is 1. The van der Waals surface area contributed by atoms with E-state index >= 15 is 0 Å². The van der Waals surface area contributed by atoms with Crippen LogP contribution in [0, 0.1) is 11.3 Å². The van der Waals surface area contributed by atoms with Crippen molar-refractivity contribution >= 4 is 17.3 Å². The maximum absolute atomic E-state index is 12.3. The summed E-state index contributed by atoms with van der Waals surface area (Å²) in [5, 5.41) is 0. The maximum atomic E-state index is 12.3. The van der Waals surface area contributed by atoms with Crippen LogP contribution in [0.5, 0.6) is 0 Å². The first-order valence-corrected chi connectivity index (χ1v) is 7.76. The van der Waals surface area contributed by atoms with Crippen LogP contribution >= 0.6 is 11.3 Å². The molecule has 1 heterocycles. The number of aryl methyl sites for hydroxylation is 1. The van der Waals surface area contributed by atoms with Gasteiger partial charge in [0.25, 0.3) is 0 Å². The largest absolute Gasteiger partial charge is 0.466 e. The average Bonchev–Trinajstić information content (AvgIpc) is 2.83. The Morgan fingerprint density at radius 2 is 2.00 bits per heavy atom. The molecule has 0 aliphatic carbocycles. The highest BCUT2D eigenvalue weighted by atomic mass is 32.1. The van der Waals surface area contributed by atoms with Crippen molar-refractivity contribution in [2.24, 2.45) is 17.1 Å². The minimum Gasteiger partial charge on any atom is -0.466 e. The van der Waals surface area contributed by atoms with Gasteiger partial charge in [0, 0.05) is 16.3 Å². The molecule has 0 bridgehead atoms. The molecular weight excluding hydrogens is 258 g/mol. The van der Waals surface area contributed by atoms with Crippen LogP contribution in [0.25, 0.3) is 0 Å². The lowest BCUT2D eigenvalue weighted by atomic mass is 9.74. The number of carbonyl (C=O) groups is 1. The van der Waals surface area contributed by atoms with Gasteiger partial charge in [-0.15, -0.1) is 11.3 Å². The van der Waals surface area contributed by atoms with Crippen molar-refractivity contribution in [3.05, 3.63) is 21.9 Å². The molecule has 4 heteroatoms. The predicted octanol–water partition coefficient (Wildman–Crippen LogP) is 3.02. The van der Waals surface area contributed by atoms with Crippen molar-refractivity contribution in [2.45, 2.75) is 40.5 Å². The molecule has 3 nitrogen and oxygen atoms in total. The van der Waals surface area contributed by atoms with Crippen molar-refractivity contribution in [1.29, 1.82) is 0 Å². The molecule has 1 aromatic rings. The lowest BCUT2D eigenvalue weighted by Gasteiger charge is -2.33. The molecule has 0 spiro atoms. The third-order valence-corrected chi connectivity index (χ3v) is 4.94. The van der Waals surface area contributed by atoms with E-state index < -0.39 is 5.41 Å². The summed E-state index contributed by atoms with van der Waals surface area (Å²) in [5.41, 5.74) is 5.33. The second kappa shape index (κ2) is 7.06. The van der Waals surface area contributed by atoms with Gasteiger partial charge in [-0.2, -0.15) is 0 Å². The molecule has 108 valence electrons. The molecule has 19 heavy (non-hydrogen) atoms. The molecular formula is C15H25NO2S. The zero-order chi connectivity index (χ0) is 14.5. The fourth-order valence-corrected chi connectivity index (χ4v) is 3.28. The molecule has 0 aromatic carbocycles. The normalized spacial score (nSPS) is 14.4. The number of esters is 1. The summed E-state index contributed by atoms with van der Waals surface area (Å²) >= 11 is 1.76. The van der Waals surface area contributed by atoms with Gasteiger partial charge in [0.1, 0.15) is 0 Å². The van der Waals surface area contributed by atoms with Gasteiger partial charge in [0.2, 0.25) is 0 Å². The van der Waals surface area contributed by atoms with Gasteiger partial charge in [-0.05, 0) is 37.8 Å². The second-order valence-electron chi connectivity index (χ2n) is 5.13. The van der Waals surface area contributed by atoms with E-state index in [1.807, 2.05) is 20.8 Å². The van der Waals surface area contributed by atoms with Crippen LogP contribution in [0.3, 0.4) is 0 Å². The van der Waals surface area contributed by atoms with E-state index in [9.17, 15) is 4.79 Å². The third kappa shape index (κ3) is 3.57. The number of thiophene rings is 1. The molecule has 1 unspecified atom stereocenters. The molecule has 0 aliphatic rings. The van der Waals surface area contributed by atoms with E-state index in [4.69, 9.17) is 10.5 Å². The lowest BCUT2D eigenvalue weighted by molar-refractivity contribution is -0.157. The summed E-state index contributed by atoms with van der Waals surface area (Å²) in [6.45, 7) is 8.77. The highest BCUT2D eigenvalue weighted by Gasteiger charge is 2.42. The van der Waals surface area contributed by atoms with Crippen LogP contribution in [0.1, 0.15) is 37.4 Å². The van der Waals surface area contributed by atoms with E-state index in [0.29, 0.717) is 19.6 Å². The molecule has 1 atom stereocenters. The SMILES string of the molecule is CCOC(=O)C(CN)(Cc1ccc(CC)s1)C(C)C. The maximum Gasteiger partial charge on any atom is 0.313 e. The Kier molecular flexibility index (Phi) is 6.01. The highest BCUT2D eigenvalue weighted by molar-refractivity contribution is 7.12. The van der Waals surface area contributed by atoms with Crippen LogP contribution in [-0.4, -0.2) is 19.1 Å². The van der Waals surface area contributed by atoms with Gasteiger partial charge in [0.15, 0.2) is 0 Å². The fourth-order valence-electron chi connectivity index (χ4n) is 2.20. The Morgan fingerprint density at radius 3 is 2.42 bits per heavy atom. The first kappa shape index (κ1) is 16.2. The molecule has 0 radical (unpaired) electrons. The number of hydrogen-bond donors (Lipinski definition) is 1. The summed E-state index contributed by atoms with van der Waals surface area (Å²) in [4.78, 5) is 14.9. The number of ether oxygens (including phenoxy) is 1. The summed E-state index contributed by atoms with van der Waals surface area (Å²) in [6, 6.07) is 4.24. The van der Waals surface area contributed by atoms with Crippen molar-refractivity contribution < 1.29 is 9.53 Å². The van der Waals surface area contributed by atoms with Crippen LogP contribution in [-0.2, 0) is 22.4 Å². The van der Waals surface area contributed by atoms with E-state index in [-0.39, 0.29) is 11.9 Å². The van der Waals surface area contributed by atoms with Gasteiger partial charge in [-0.25, -0.2) is 0 Å². The van der Waals surface area contributed by atoms with Gasteiger partial charge >= 0.3 is 5.97 Å². The highest BCUT2D eigenvalue weighted by Crippen LogP contribution is 2.34. The summed E-state index contributed by atoms with van der Waals surface area (Å²) in [6.07, 6.45) is 1.70. The average molecular weight is 283 g/mol. The molecule has 0 aliphatic heterocycles. The second-order valence-corrected chi connectivity index (χ2v) is 6.39. The van der Waals surface area contributed by atoms with E-state index in [2.05, 4.69) is 19.1 Å². The monoisotopic (exact) mass is 283 g/mol. The lowest BCUT2D eigenvalue weighted by Crippen LogP contribution is -2.46. The van der Waals surface area contributed by atoms with Crippen molar-refractivity contribution in [1.82, 2.24) is 0 Å². The van der Waals surface area contributed by atoms with Crippen LogP contribution in [0.4, 0.5) is 0 Å². The van der Waals surface area contributed by atoms with Crippen molar-refractivity contribution in [3.8, 4) is 0 Å². The van der Waals surface area contributed by atoms with Gasteiger partial charge in [0.05, 0.1) is 12.0 Å². The minimum atomic E-state index is -0.605. The topological polar surface area (TPSA) is 52.3 Å². The number of nitrogens with two attached hydrogens (primary N) is 1. The van der Waals surface area contributed by atoms with Crippen LogP contribution < -0.4 is 5.73 Å². The molecule has 1 aromatic heterocycles. The quantitative estimate of drug-likeness (QED) is 0.783.